The van der Waals surface area contributed by atoms with Gasteiger partial charge in [-0.3, -0.25) is 24.6 Å². The zero-order chi connectivity index (χ0) is 44.4. The monoisotopic (exact) mass is 853 g/mol. The minimum atomic E-state index is -1.11. The second-order valence-corrected chi connectivity index (χ2v) is 15.3. The molecule has 328 valence electrons. The van der Waals surface area contributed by atoms with Crippen molar-refractivity contribution in [3.05, 3.63) is 145 Å². The highest BCUT2D eigenvalue weighted by Gasteiger charge is 2.31. The molecule has 0 aliphatic heterocycles. The van der Waals surface area contributed by atoms with Crippen LogP contribution in [0.1, 0.15) is 43.0 Å². The number of carbonyl (C=O) groups excluding carboxylic acids is 5. The molecule has 11 N–H and O–H groups in total. The van der Waals surface area contributed by atoms with E-state index in [4.69, 9.17) is 5.73 Å². The number of aromatic amines is 2. The molecule has 0 saturated carbocycles. The normalized spacial score (nSPS) is 12.9. The molecule has 4 atom stereocenters. The highest BCUT2D eigenvalue weighted by atomic mass is 16.2. The fourth-order valence-corrected chi connectivity index (χ4v) is 7.32. The predicted octanol–water partition coefficient (Wildman–Crippen LogP) is 4.00. The van der Waals surface area contributed by atoms with Crippen molar-refractivity contribution in [1.82, 2.24) is 47.1 Å². The maximum atomic E-state index is 14.3. The number of nitrogens with two attached hydrogens (primary N) is 1. The number of unbranched alkanes of at least 4 members (excludes halogenated alkanes) is 1. The van der Waals surface area contributed by atoms with E-state index in [9.17, 15) is 24.0 Å². The zero-order valence-corrected chi connectivity index (χ0v) is 35.2. The molecule has 0 bridgehead atoms. The maximum Gasteiger partial charge on any atom is 0.333 e. The lowest BCUT2D eigenvalue weighted by molar-refractivity contribution is -0.133. The summed E-state index contributed by atoms with van der Waals surface area (Å²) in [5.41, 5.74) is 17.7. The van der Waals surface area contributed by atoms with E-state index in [0.29, 0.717) is 37.2 Å². The second-order valence-electron chi connectivity index (χ2n) is 15.3. The number of carbonyl (C=O) groups is 5. The van der Waals surface area contributed by atoms with Crippen LogP contribution in [0.2, 0.25) is 0 Å². The Morgan fingerprint density at radius 1 is 0.683 bits per heavy atom. The molecule has 0 saturated heterocycles. The Morgan fingerprint density at radius 3 is 2.08 bits per heavy atom. The van der Waals surface area contributed by atoms with Crippen molar-refractivity contribution in [3.8, 4) is 11.1 Å². The van der Waals surface area contributed by atoms with E-state index < -0.39 is 53.8 Å². The lowest BCUT2D eigenvalue weighted by Crippen LogP contribution is -2.58. The number of hydrazine groups is 1. The summed E-state index contributed by atoms with van der Waals surface area (Å²) in [6.45, 7) is 1.83. The van der Waals surface area contributed by atoms with Crippen LogP contribution in [0.5, 0.6) is 0 Å². The highest BCUT2D eigenvalue weighted by molar-refractivity contribution is 5.95. The summed E-state index contributed by atoms with van der Waals surface area (Å²) in [7, 11) is 0. The first-order valence-electron chi connectivity index (χ1n) is 21.1. The third-order valence-electron chi connectivity index (χ3n) is 10.5. The fourth-order valence-electron chi connectivity index (χ4n) is 7.32. The smallest absolute Gasteiger partial charge is 0.333 e. The number of H-pyrrole nitrogens is 2. The van der Waals surface area contributed by atoms with E-state index in [1.807, 2.05) is 115 Å². The van der Waals surface area contributed by atoms with Crippen LogP contribution in [0.4, 0.5) is 10.5 Å². The fraction of sp³-hybridized carbons (Fsp3) is 0.277. The Balaban J connectivity index is 1.12. The molecule has 2 aromatic heterocycles. The minimum absolute atomic E-state index is 0.110. The molecule has 0 spiro atoms. The van der Waals surface area contributed by atoms with Crippen LogP contribution < -0.4 is 43.2 Å². The number of hydrogen-bond donors (Lipinski definition) is 10. The number of amides is 6. The molecule has 2 heterocycles. The van der Waals surface area contributed by atoms with Gasteiger partial charge in [-0.05, 0) is 54.5 Å². The summed E-state index contributed by atoms with van der Waals surface area (Å²) >= 11 is 0. The molecule has 4 aromatic carbocycles. The molecule has 16 heteroatoms. The van der Waals surface area contributed by atoms with Gasteiger partial charge in [0.2, 0.25) is 23.6 Å². The first-order chi connectivity index (χ1) is 30.7. The topological polar surface area (TPSA) is 240 Å². The van der Waals surface area contributed by atoms with Gasteiger partial charge in [0.15, 0.2) is 0 Å². The van der Waals surface area contributed by atoms with E-state index in [2.05, 4.69) is 52.4 Å². The number of nitrogens with one attached hydrogen (secondary N) is 9. The average molecular weight is 854 g/mol. The van der Waals surface area contributed by atoms with Crippen molar-refractivity contribution in [2.75, 3.05) is 18.4 Å². The predicted molar refractivity (Wildman–Crippen MR) is 243 cm³/mol. The Kier molecular flexibility index (Phi) is 16.6. The lowest BCUT2D eigenvalue weighted by Gasteiger charge is -2.26. The first-order valence-corrected chi connectivity index (χ1v) is 21.1. The van der Waals surface area contributed by atoms with Crippen LogP contribution in [0.3, 0.4) is 0 Å². The molecule has 0 fully saturated rings. The van der Waals surface area contributed by atoms with Gasteiger partial charge >= 0.3 is 6.03 Å². The van der Waals surface area contributed by atoms with Crippen molar-refractivity contribution in [1.29, 1.82) is 0 Å². The van der Waals surface area contributed by atoms with Crippen LogP contribution in [0, 0.1) is 0 Å². The molecule has 0 aliphatic carbocycles. The van der Waals surface area contributed by atoms with Gasteiger partial charge < -0.3 is 42.3 Å². The van der Waals surface area contributed by atoms with E-state index in [1.54, 1.807) is 6.20 Å². The number of para-hydroxylation sites is 2. The third-order valence-corrected chi connectivity index (χ3v) is 10.5. The van der Waals surface area contributed by atoms with Gasteiger partial charge in [-0.15, -0.1) is 0 Å². The van der Waals surface area contributed by atoms with Crippen LogP contribution >= 0.6 is 0 Å². The summed E-state index contributed by atoms with van der Waals surface area (Å²) in [6.07, 6.45) is 6.86. The molecule has 6 amide bonds. The van der Waals surface area contributed by atoms with E-state index in [1.165, 1.54) is 13.3 Å². The Labute approximate surface area is 366 Å². The van der Waals surface area contributed by atoms with Crippen molar-refractivity contribution in [2.24, 2.45) is 5.73 Å². The molecule has 16 nitrogen and oxygen atoms in total. The highest BCUT2D eigenvalue weighted by Crippen LogP contribution is 2.27. The number of urea groups is 1. The summed E-state index contributed by atoms with van der Waals surface area (Å²) in [6, 6.07) is 30.3. The molecule has 0 aliphatic rings. The molecule has 6 rings (SSSR count). The van der Waals surface area contributed by atoms with E-state index in [-0.39, 0.29) is 25.8 Å². The number of benzene rings is 4. The van der Waals surface area contributed by atoms with Gasteiger partial charge in [0.05, 0.1) is 12.0 Å². The summed E-state index contributed by atoms with van der Waals surface area (Å²) in [4.78, 5) is 77.4. The van der Waals surface area contributed by atoms with Gasteiger partial charge in [0.1, 0.15) is 18.1 Å². The summed E-state index contributed by atoms with van der Waals surface area (Å²) < 4.78 is 0. The van der Waals surface area contributed by atoms with Crippen molar-refractivity contribution < 1.29 is 24.0 Å². The molecular formula is C47H55N11O5. The third kappa shape index (κ3) is 13.6. The van der Waals surface area contributed by atoms with Gasteiger partial charge in [0, 0.05) is 73.5 Å². The number of hydrogen-bond acceptors (Lipinski definition) is 8. The Hall–Kier alpha value is -7.30. The molecule has 0 radical (unpaired) electrons. The summed E-state index contributed by atoms with van der Waals surface area (Å²) in [5, 5.41) is 15.4. The molecule has 0 unspecified atom stereocenters. The Bertz CT molecular complexity index is 2410. The number of nitrogens with zero attached hydrogens (tertiary/aromatic N) is 1. The molecular weight excluding hydrogens is 799 g/mol. The molecule has 6 aromatic rings. The lowest BCUT2D eigenvalue weighted by atomic mass is 10.0. The van der Waals surface area contributed by atoms with Crippen LogP contribution in [0.15, 0.2) is 128 Å². The number of anilines is 1. The van der Waals surface area contributed by atoms with Crippen LogP contribution in [0.25, 0.3) is 22.0 Å². The minimum Gasteiger partial charge on any atom is -0.361 e. The average Bonchev–Trinajstić information content (AvgIpc) is 3.97. The number of aromatic nitrogens is 3. The van der Waals surface area contributed by atoms with E-state index in [0.717, 1.165) is 33.2 Å². The maximum absolute atomic E-state index is 14.3. The SMILES string of the molecule is CC(=O)N[C@@H](Cc1cnc[nH]1)C(=O)N[C@H](Cc1ccccc1)C(=O)N[C@@H](CCCCNNC(=O)Nc1ccccc1-c1ccccc1)C(=O)N[C@H](CN)Cc1c[nH]c2ccccc12. The number of fused-ring (bicyclic) bond motifs is 1. The number of imidazole rings is 1. The van der Waals surface area contributed by atoms with Gasteiger partial charge in [0.25, 0.3) is 0 Å². The van der Waals surface area contributed by atoms with Crippen molar-refractivity contribution in [2.45, 2.75) is 69.6 Å². The second kappa shape index (κ2) is 23.1. The number of rotatable bonds is 22. The molecule has 63 heavy (non-hydrogen) atoms. The zero-order valence-electron chi connectivity index (χ0n) is 35.2. The van der Waals surface area contributed by atoms with Gasteiger partial charge in [-0.1, -0.05) is 97.1 Å². The van der Waals surface area contributed by atoms with Crippen LogP contribution in [-0.4, -0.2) is 81.9 Å². The summed E-state index contributed by atoms with van der Waals surface area (Å²) in [5.74, 6) is -2.01. The Morgan fingerprint density at radius 2 is 1.35 bits per heavy atom. The standard InChI is InChI=1S/C47H55N11O5/c1-31(59)53-43(26-36-29-49-30-51-36)46(62)56-42(24-32-14-4-2-5-15-32)45(61)55-41(44(60)54-35(27-48)25-34-28-50-39-20-10-8-19-38(34)39)22-12-13-23-52-58-47(63)57-40-21-11-9-18-37(40)33-16-6-3-7-17-33/h2-11,14-21,28-30,35,41-43,50,52H,12-13,22-27,48H2,1H3,(H,49,51)(H,53,59)(H,54,60)(H,55,61)(H,56,62)(H2,57,58,63)/t35-,41-,42+,43-/m0/s1. The first kappa shape index (κ1) is 45.2. The largest absolute Gasteiger partial charge is 0.361 e. The van der Waals surface area contributed by atoms with Gasteiger partial charge in [-0.2, -0.15) is 0 Å². The van der Waals surface area contributed by atoms with E-state index >= 15 is 0 Å². The van der Waals surface area contributed by atoms with Gasteiger partial charge in [-0.25, -0.2) is 15.2 Å². The van der Waals surface area contributed by atoms with Crippen molar-refractivity contribution >= 4 is 46.3 Å². The van der Waals surface area contributed by atoms with Crippen LogP contribution in [-0.2, 0) is 38.4 Å². The quantitative estimate of drug-likeness (QED) is 0.0353. The van der Waals surface area contributed by atoms with Crippen molar-refractivity contribution in [3.63, 3.8) is 0 Å².